The van der Waals surface area contributed by atoms with Gasteiger partial charge >= 0.3 is 0 Å². The minimum absolute atomic E-state index is 0.0286. The number of nitrogen functional groups attached to an aromatic ring is 1. The number of halogens is 1. The van der Waals surface area contributed by atoms with E-state index >= 15 is 0 Å². The average Bonchev–Trinajstić information content (AvgIpc) is 2.60. The molecule has 0 bridgehead atoms. The van der Waals surface area contributed by atoms with Crippen LogP contribution in [-0.2, 0) is 10.0 Å². The van der Waals surface area contributed by atoms with E-state index in [1.807, 2.05) is 0 Å². The number of nitrogens with two attached hydrogens (primary N) is 1. The number of pyridine rings is 1. The molecule has 1 unspecified atom stereocenters. The molecule has 1 aromatic heterocycles. The van der Waals surface area contributed by atoms with E-state index in [-0.39, 0.29) is 17.3 Å². The Labute approximate surface area is 132 Å². The van der Waals surface area contributed by atoms with E-state index in [0.29, 0.717) is 30.3 Å². The zero-order valence-corrected chi connectivity index (χ0v) is 14.1. The van der Waals surface area contributed by atoms with Gasteiger partial charge in [0.1, 0.15) is 4.90 Å². The first-order chi connectivity index (χ1) is 9.76. The van der Waals surface area contributed by atoms with Crippen molar-refractivity contribution in [3.8, 4) is 0 Å². The van der Waals surface area contributed by atoms with Gasteiger partial charge in [-0.05, 0) is 48.2 Å². The Morgan fingerprint density at radius 1 is 1.48 bits per heavy atom. The Balaban J connectivity index is 2.36. The first-order valence-corrected chi connectivity index (χ1v) is 8.84. The number of hydrogen-bond donors (Lipinski definition) is 3. The van der Waals surface area contributed by atoms with Crippen LogP contribution in [0.4, 0.5) is 5.82 Å². The van der Waals surface area contributed by atoms with Crippen molar-refractivity contribution in [1.29, 1.82) is 0 Å². The minimum Gasteiger partial charge on any atom is -0.390 e. The van der Waals surface area contributed by atoms with Gasteiger partial charge < -0.3 is 10.5 Å². The number of aromatic nitrogens is 1. The molecule has 2 heterocycles. The average molecular weight is 379 g/mol. The lowest BCUT2D eigenvalue weighted by atomic mass is 9.98. The van der Waals surface area contributed by atoms with Gasteiger partial charge in [-0.15, -0.1) is 0 Å². The van der Waals surface area contributed by atoms with Gasteiger partial charge in [0, 0.05) is 23.8 Å². The first kappa shape index (κ1) is 16.6. The summed E-state index contributed by atoms with van der Waals surface area (Å²) in [6, 6.07) is 1.47. The van der Waals surface area contributed by atoms with Crippen molar-refractivity contribution in [2.24, 2.45) is 5.84 Å². The van der Waals surface area contributed by atoms with Crippen molar-refractivity contribution in [2.75, 3.05) is 18.5 Å². The van der Waals surface area contributed by atoms with Crippen molar-refractivity contribution >= 4 is 31.8 Å². The van der Waals surface area contributed by atoms with E-state index in [4.69, 9.17) is 5.84 Å². The summed E-state index contributed by atoms with van der Waals surface area (Å²) in [5.74, 6) is 5.46. The lowest BCUT2D eigenvalue weighted by Crippen LogP contribution is -2.34. The molecule has 1 aromatic rings. The molecule has 0 aliphatic carbocycles. The summed E-state index contributed by atoms with van der Waals surface area (Å²) in [5.41, 5.74) is 1.49. The van der Waals surface area contributed by atoms with Gasteiger partial charge in [-0.2, -0.15) is 4.31 Å². The fourth-order valence-corrected chi connectivity index (χ4v) is 4.44. The molecule has 0 spiro atoms. The van der Waals surface area contributed by atoms with Crippen LogP contribution in [-0.4, -0.2) is 41.5 Å². The summed E-state index contributed by atoms with van der Waals surface area (Å²) in [6.07, 6.45) is 3.07. The summed E-state index contributed by atoms with van der Waals surface area (Å²) in [7, 11) is -3.71. The smallest absolute Gasteiger partial charge is 0.246 e. The highest BCUT2D eigenvalue weighted by molar-refractivity contribution is 9.10. The number of aliphatic hydroxyl groups is 1. The van der Waals surface area contributed by atoms with Crippen LogP contribution in [0.5, 0.6) is 0 Å². The van der Waals surface area contributed by atoms with Crippen LogP contribution in [0.25, 0.3) is 0 Å². The molecule has 1 saturated heterocycles. The molecule has 1 aliphatic heterocycles. The van der Waals surface area contributed by atoms with Crippen LogP contribution in [0.3, 0.4) is 0 Å². The van der Waals surface area contributed by atoms with E-state index in [9.17, 15) is 13.5 Å². The molecule has 21 heavy (non-hydrogen) atoms. The number of nitrogens with one attached hydrogen (secondary N) is 1. The Kier molecular flexibility index (Phi) is 4.89. The Morgan fingerprint density at radius 3 is 2.86 bits per heavy atom. The van der Waals surface area contributed by atoms with E-state index in [1.54, 1.807) is 6.92 Å². The standard InChI is InChI=1S/C12H19BrN4O3S/c1-12(18)3-2-5-17(6-4-12)21(19,20)10-7-9(13)8-15-11(10)16-14/h7-8,18H,2-6,14H2,1H3,(H,15,16). The Morgan fingerprint density at radius 2 is 2.19 bits per heavy atom. The van der Waals surface area contributed by atoms with Crippen molar-refractivity contribution in [3.63, 3.8) is 0 Å². The molecule has 0 saturated carbocycles. The maximum absolute atomic E-state index is 12.8. The number of hydrazine groups is 1. The highest BCUT2D eigenvalue weighted by Gasteiger charge is 2.33. The lowest BCUT2D eigenvalue weighted by molar-refractivity contribution is 0.0465. The monoisotopic (exact) mass is 378 g/mol. The number of rotatable bonds is 3. The van der Waals surface area contributed by atoms with Crippen molar-refractivity contribution < 1.29 is 13.5 Å². The lowest BCUT2D eigenvalue weighted by Gasteiger charge is -2.23. The third-order valence-electron chi connectivity index (χ3n) is 3.60. The predicted molar refractivity (Wildman–Crippen MR) is 83.0 cm³/mol. The minimum atomic E-state index is -3.71. The maximum Gasteiger partial charge on any atom is 0.246 e. The van der Waals surface area contributed by atoms with Crippen LogP contribution in [0.2, 0.25) is 0 Å². The van der Waals surface area contributed by atoms with Crippen LogP contribution in [0.15, 0.2) is 21.6 Å². The topological polar surface area (TPSA) is 109 Å². The van der Waals surface area contributed by atoms with Gasteiger partial charge in [0.15, 0.2) is 5.82 Å². The second-order valence-electron chi connectivity index (χ2n) is 5.40. The SMILES string of the molecule is CC1(O)CCCN(S(=O)(=O)c2cc(Br)cnc2NN)CC1. The molecule has 9 heteroatoms. The highest BCUT2D eigenvalue weighted by Crippen LogP contribution is 2.29. The second kappa shape index (κ2) is 6.17. The van der Waals surface area contributed by atoms with E-state index in [0.717, 1.165) is 0 Å². The van der Waals surface area contributed by atoms with Crippen LogP contribution in [0.1, 0.15) is 26.2 Å². The van der Waals surface area contributed by atoms with E-state index in [2.05, 4.69) is 26.3 Å². The zero-order valence-electron chi connectivity index (χ0n) is 11.7. The number of sulfonamides is 1. The fraction of sp³-hybridized carbons (Fsp3) is 0.583. The number of nitrogens with zero attached hydrogens (tertiary/aromatic N) is 2. The predicted octanol–water partition coefficient (Wildman–Crippen LogP) is 1.06. The van der Waals surface area contributed by atoms with Gasteiger partial charge in [-0.1, -0.05) is 0 Å². The van der Waals surface area contributed by atoms with Gasteiger partial charge in [-0.3, -0.25) is 0 Å². The Bertz CT molecular complexity index is 621. The normalized spacial score (nSPS) is 24.6. The Hall–Kier alpha value is -0.740. The maximum atomic E-state index is 12.8. The van der Waals surface area contributed by atoms with E-state index in [1.165, 1.54) is 16.6 Å². The van der Waals surface area contributed by atoms with Gasteiger partial charge in [0.25, 0.3) is 0 Å². The van der Waals surface area contributed by atoms with Gasteiger partial charge in [0.2, 0.25) is 10.0 Å². The molecule has 1 aliphatic rings. The molecule has 4 N–H and O–H groups in total. The van der Waals surface area contributed by atoms with Crippen LogP contribution >= 0.6 is 15.9 Å². The molecular formula is C12H19BrN4O3S. The first-order valence-electron chi connectivity index (χ1n) is 6.61. The van der Waals surface area contributed by atoms with Crippen molar-refractivity contribution in [3.05, 3.63) is 16.7 Å². The van der Waals surface area contributed by atoms with Crippen molar-refractivity contribution in [2.45, 2.75) is 36.7 Å². The fourth-order valence-electron chi connectivity index (χ4n) is 2.34. The number of anilines is 1. The molecule has 0 radical (unpaired) electrons. The van der Waals surface area contributed by atoms with Gasteiger partial charge in [-0.25, -0.2) is 19.2 Å². The number of hydrogen-bond acceptors (Lipinski definition) is 6. The van der Waals surface area contributed by atoms with Crippen molar-refractivity contribution in [1.82, 2.24) is 9.29 Å². The zero-order chi connectivity index (χ0) is 15.7. The molecular weight excluding hydrogens is 360 g/mol. The molecule has 1 atom stereocenters. The van der Waals surface area contributed by atoms with E-state index < -0.39 is 15.6 Å². The summed E-state index contributed by atoms with van der Waals surface area (Å²) in [4.78, 5) is 4.00. The molecule has 7 nitrogen and oxygen atoms in total. The summed E-state index contributed by atoms with van der Waals surface area (Å²) in [6.45, 7) is 2.37. The second-order valence-corrected chi connectivity index (χ2v) is 8.22. The summed E-state index contributed by atoms with van der Waals surface area (Å²) in [5, 5.41) is 10.1. The molecule has 2 rings (SSSR count). The summed E-state index contributed by atoms with van der Waals surface area (Å²) < 4.78 is 27.5. The highest BCUT2D eigenvalue weighted by atomic mass is 79.9. The summed E-state index contributed by atoms with van der Waals surface area (Å²) >= 11 is 3.22. The molecule has 0 amide bonds. The van der Waals surface area contributed by atoms with Crippen LogP contribution < -0.4 is 11.3 Å². The quantitative estimate of drug-likeness (QED) is 0.535. The molecule has 1 fully saturated rings. The third kappa shape index (κ3) is 3.72. The third-order valence-corrected chi connectivity index (χ3v) is 5.94. The molecule has 118 valence electrons. The van der Waals surface area contributed by atoms with Crippen LogP contribution in [0, 0.1) is 0 Å². The van der Waals surface area contributed by atoms with Gasteiger partial charge in [0.05, 0.1) is 5.60 Å². The molecule has 0 aromatic carbocycles. The largest absolute Gasteiger partial charge is 0.390 e.